The number of carbonyl (C=O) groups excluding carboxylic acids is 1. The van der Waals surface area contributed by atoms with Crippen molar-refractivity contribution in [1.29, 1.82) is 0 Å². The minimum atomic E-state index is -3.78. The van der Waals surface area contributed by atoms with Crippen molar-refractivity contribution >= 4 is 67.6 Å². The molecule has 1 aliphatic heterocycles. The first-order chi connectivity index (χ1) is 4.49. The summed E-state index contributed by atoms with van der Waals surface area (Å²) in [4.78, 5) is 10.5. The fourth-order valence-electron chi connectivity index (χ4n) is 0.717. The molecule has 5 nitrogen and oxygen atoms in total. The maximum atomic E-state index is 10.5. The van der Waals surface area contributed by atoms with Gasteiger partial charge in [-0.05, 0) is 6.92 Å². The van der Waals surface area contributed by atoms with Crippen LogP contribution >= 0.6 is 0 Å². The molecule has 0 radical (unpaired) electrons. The number of carbonyl (C=O) groups is 1. The van der Waals surface area contributed by atoms with Crippen molar-refractivity contribution in [1.82, 2.24) is 4.72 Å². The van der Waals surface area contributed by atoms with Gasteiger partial charge < -0.3 is 0 Å². The Balaban J connectivity index is 0.000001000. The number of hydrogen-bond acceptors (Lipinski definition) is 4. The molecule has 7 heteroatoms. The van der Waals surface area contributed by atoms with Crippen LogP contribution in [-0.2, 0) is 19.3 Å². The van der Waals surface area contributed by atoms with Gasteiger partial charge in [0.15, 0.2) is 0 Å². The minimum absolute atomic E-state index is 0. The third-order valence-corrected chi connectivity index (χ3v) is 2.06. The van der Waals surface area contributed by atoms with E-state index >= 15 is 0 Å². The van der Waals surface area contributed by atoms with Crippen LogP contribution in [0, 0.1) is 0 Å². The van der Waals surface area contributed by atoms with Crippen molar-refractivity contribution in [3.05, 3.63) is 0 Å². The Labute approximate surface area is 108 Å². The molecule has 1 unspecified atom stereocenters. The number of amides is 1. The molecule has 1 heterocycles. The third kappa shape index (κ3) is 3.97. The first-order valence-corrected chi connectivity index (χ1v) is 4.14. The van der Waals surface area contributed by atoms with Crippen LogP contribution in [0.1, 0.15) is 13.3 Å². The molecule has 11 heavy (non-hydrogen) atoms. The van der Waals surface area contributed by atoms with E-state index in [9.17, 15) is 13.2 Å². The SMILES string of the molecule is CC1CC(=O)NS(=O)(=O)O1.[KH]. The van der Waals surface area contributed by atoms with E-state index in [2.05, 4.69) is 4.18 Å². The zero-order valence-electron chi connectivity index (χ0n) is 5.33. The molecule has 0 aromatic carbocycles. The first kappa shape index (κ1) is 12.0. The van der Waals surface area contributed by atoms with Crippen molar-refractivity contribution in [2.24, 2.45) is 0 Å². The zero-order valence-corrected chi connectivity index (χ0v) is 6.14. The Kier molecular flexibility index (Phi) is 4.71. The van der Waals surface area contributed by atoms with Crippen molar-refractivity contribution < 1.29 is 17.4 Å². The fourth-order valence-corrected chi connectivity index (χ4v) is 1.63. The number of nitrogens with one attached hydrogen (secondary N) is 1. The zero-order chi connectivity index (χ0) is 7.78. The van der Waals surface area contributed by atoms with E-state index in [-0.39, 0.29) is 57.8 Å². The van der Waals surface area contributed by atoms with Gasteiger partial charge in [0.2, 0.25) is 5.91 Å². The van der Waals surface area contributed by atoms with Gasteiger partial charge in [-0.3, -0.25) is 8.98 Å². The van der Waals surface area contributed by atoms with E-state index in [1.165, 1.54) is 6.92 Å². The van der Waals surface area contributed by atoms with Gasteiger partial charge in [-0.1, -0.05) is 0 Å². The normalized spacial score (nSPS) is 28.5. The second-order valence-corrected chi connectivity index (χ2v) is 3.40. The Morgan fingerprint density at radius 3 is 2.55 bits per heavy atom. The predicted molar refractivity (Wildman–Crippen MR) is 39.4 cm³/mol. The molecule has 0 aromatic rings. The van der Waals surface area contributed by atoms with Gasteiger partial charge in [0.1, 0.15) is 0 Å². The van der Waals surface area contributed by atoms with E-state index in [1.54, 1.807) is 4.72 Å². The van der Waals surface area contributed by atoms with Gasteiger partial charge >= 0.3 is 61.7 Å². The second kappa shape index (κ2) is 4.31. The molecule has 0 bridgehead atoms. The molecule has 0 aromatic heterocycles. The molecular weight excluding hydrogens is 197 g/mol. The van der Waals surface area contributed by atoms with Gasteiger partial charge in [-0.15, -0.1) is 0 Å². The molecule has 1 amide bonds. The van der Waals surface area contributed by atoms with Crippen molar-refractivity contribution in [3.63, 3.8) is 0 Å². The van der Waals surface area contributed by atoms with Gasteiger partial charge in [0, 0.05) is 0 Å². The van der Waals surface area contributed by atoms with Gasteiger partial charge in [-0.25, -0.2) is 4.72 Å². The summed E-state index contributed by atoms with van der Waals surface area (Å²) < 4.78 is 27.1. The second-order valence-electron chi connectivity index (χ2n) is 2.09. The van der Waals surface area contributed by atoms with Crippen LogP contribution in [-0.4, -0.2) is 71.8 Å². The Morgan fingerprint density at radius 1 is 1.64 bits per heavy atom. The van der Waals surface area contributed by atoms with Gasteiger partial charge in [0.25, 0.3) is 0 Å². The Hall–Kier alpha value is 1.02. The average molecular weight is 205 g/mol. The van der Waals surface area contributed by atoms with Crippen LogP contribution in [0.4, 0.5) is 0 Å². The van der Waals surface area contributed by atoms with Gasteiger partial charge in [0.05, 0.1) is 12.5 Å². The molecule has 0 spiro atoms. The Morgan fingerprint density at radius 2 is 2.18 bits per heavy atom. The van der Waals surface area contributed by atoms with Crippen LogP contribution in [0.5, 0.6) is 0 Å². The fraction of sp³-hybridized carbons (Fsp3) is 0.750. The molecule has 1 aliphatic rings. The summed E-state index contributed by atoms with van der Waals surface area (Å²) in [6.07, 6.45) is -0.446. The quantitative estimate of drug-likeness (QED) is 0.489. The van der Waals surface area contributed by atoms with Gasteiger partial charge in [-0.2, -0.15) is 8.42 Å². The number of rotatable bonds is 0. The number of hydrogen-bond donors (Lipinski definition) is 1. The summed E-state index contributed by atoms with van der Waals surface area (Å²) in [5.41, 5.74) is 0. The topological polar surface area (TPSA) is 72.5 Å². The molecule has 1 atom stereocenters. The molecule has 1 rings (SSSR count). The molecule has 60 valence electrons. The third-order valence-electron chi connectivity index (χ3n) is 1.00. The van der Waals surface area contributed by atoms with E-state index < -0.39 is 22.3 Å². The summed E-state index contributed by atoms with van der Waals surface area (Å²) in [6, 6.07) is 0. The van der Waals surface area contributed by atoms with Crippen molar-refractivity contribution in [3.8, 4) is 0 Å². The summed E-state index contributed by atoms with van der Waals surface area (Å²) in [5, 5.41) is 0. The Bertz CT molecular complexity index is 249. The van der Waals surface area contributed by atoms with E-state index in [4.69, 9.17) is 0 Å². The average Bonchev–Trinajstić information content (AvgIpc) is 1.54. The van der Waals surface area contributed by atoms with Crippen molar-refractivity contribution in [2.45, 2.75) is 19.4 Å². The van der Waals surface area contributed by atoms with Crippen molar-refractivity contribution in [2.75, 3.05) is 0 Å². The summed E-state index contributed by atoms with van der Waals surface area (Å²) >= 11 is 0. The van der Waals surface area contributed by atoms with Crippen LogP contribution in [0.2, 0.25) is 0 Å². The monoisotopic (exact) mass is 205 g/mol. The van der Waals surface area contributed by atoms with E-state index in [0.29, 0.717) is 0 Å². The molecule has 1 fully saturated rings. The van der Waals surface area contributed by atoms with Crippen LogP contribution in [0.25, 0.3) is 0 Å². The molecule has 0 saturated carbocycles. The van der Waals surface area contributed by atoms with Crippen LogP contribution in [0.15, 0.2) is 0 Å². The standard InChI is InChI=1S/C4H7NO4S.K.H/c1-3-2-4(6)5-10(7,8)9-3;;/h3H,2H2,1H3,(H,5,6);;. The van der Waals surface area contributed by atoms with E-state index in [1.807, 2.05) is 0 Å². The first-order valence-electron chi connectivity index (χ1n) is 2.73. The molecular formula is C4H8KNO4S. The van der Waals surface area contributed by atoms with E-state index in [0.717, 1.165) is 0 Å². The predicted octanol–water partition coefficient (Wildman–Crippen LogP) is -1.49. The maximum absolute atomic E-state index is 10.5. The van der Waals surface area contributed by atoms with Crippen LogP contribution in [0.3, 0.4) is 0 Å². The summed E-state index contributed by atoms with van der Waals surface area (Å²) in [5.74, 6) is -0.515. The molecule has 1 saturated heterocycles. The summed E-state index contributed by atoms with van der Waals surface area (Å²) in [6.45, 7) is 1.52. The molecule has 1 N–H and O–H groups in total. The molecule has 0 aliphatic carbocycles. The van der Waals surface area contributed by atoms with Crippen LogP contribution < -0.4 is 4.72 Å². The summed E-state index contributed by atoms with van der Waals surface area (Å²) in [7, 11) is -3.78.